The predicted octanol–water partition coefficient (Wildman–Crippen LogP) is 5.07. The Morgan fingerprint density at radius 2 is 1.79 bits per heavy atom. The summed E-state index contributed by atoms with van der Waals surface area (Å²) in [5.41, 5.74) is 3.97. The number of methoxy groups -OCH3 is 2. The van der Waals surface area contributed by atoms with Crippen LogP contribution >= 0.6 is 11.6 Å². The number of rotatable bonds is 8. The van der Waals surface area contributed by atoms with Gasteiger partial charge < -0.3 is 14.2 Å². The van der Waals surface area contributed by atoms with Gasteiger partial charge in [0, 0.05) is 30.3 Å². The molecule has 0 bridgehead atoms. The Kier molecular flexibility index (Phi) is 7.38. The Morgan fingerprint density at radius 3 is 2.54 bits per heavy atom. The lowest BCUT2D eigenvalue weighted by Crippen LogP contribution is -2.14. The van der Waals surface area contributed by atoms with Crippen molar-refractivity contribution in [1.29, 1.82) is 0 Å². The molecular weight excluding hydrogens is 524 g/mol. The van der Waals surface area contributed by atoms with Gasteiger partial charge >= 0.3 is 5.69 Å². The Hall–Kier alpha value is -4.57. The number of fused-ring (bicyclic) bond motifs is 2. The fraction of sp³-hybridized carbons (Fsp3) is 0.214. The number of pyridine rings is 1. The lowest BCUT2D eigenvalue weighted by molar-refractivity contribution is -0.385. The Balaban J connectivity index is 1.52. The number of hydrogen-bond acceptors (Lipinski definition) is 9. The average molecular weight is 547 g/mol. The van der Waals surface area contributed by atoms with Gasteiger partial charge in [0.05, 0.1) is 42.5 Å². The molecule has 4 aromatic rings. The van der Waals surface area contributed by atoms with Crippen molar-refractivity contribution in [2.24, 2.45) is 0 Å². The number of halogens is 1. The fourth-order valence-corrected chi connectivity index (χ4v) is 4.68. The molecule has 0 unspecified atom stereocenters. The molecule has 0 atom stereocenters. The van der Waals surface area contributed by atoms with E-state index >= 15 is 0 Å². The molecule has 198 valence electrons. The first-order valence-corrected chi connectivity index (χ1v) is 12.4. The van der Waals surface area contributed by atoms with Gasteiger partial charge in [0.25, 0.3) is 5.56 Å². The number of aromatic nitrogens is 3. The molecule has 5 rings (SSSR count). The molecule has 1 aliphatic rings. The largest absolute Gasteiger partial charge is 0.496 e. The molecule has 39 heavy (non-hydrogen) atoms. The van der Waals surface area contributed by atoms with Crippen LogP contribution in [0.4, 0.5) is 5.69 Å². The van der Waals surface area contributed by atoms with E-state index in [1.165, 1.54) is 13.2 Å². The summed E-state index contributed by atoms with van der Waals surface area (Å²) >= 11 is 6.08. The molecule has 10 nitrogen and oxygen atoms in total. The van der Waals surface area contributed by atoms with E-state index in [0.29, 0.717) is 59.7 Å². The van der Waals surface area contributed by atoms with E-state index in [1.807, 2.05) is 12.1 Å². The van der Waals surface area contributed by atoms with Crippen molar-refractivity contribution in [3.05, 3.63) is 96.7 Å². The molecule has 0 amide bonds. The van der Waals surface area contributed by atoms with Gasteiger partial charge in [0.1, 0.15) is 5.75 Å². The molecular formula is C28H23ClN4O6. The van der Waals surface area contributed by atoms with Gasteiger partial charge in [-0.3, -0.25) is 14.9 Å². The van der Waals surface area contributed by atoms with Crippen LogP contribution in [0.2, 0.25) is 5.15 Å². The molecule has 0 N–H and O–H groups in total. The van der Waals surface area contributed by atoms with Crippen molar-refractivity contribution in [3.63, 3.8) is 0 Å². The van der Waals surface area contributed by atoms with Gasteiger partial charge in [-0.1, -0.05) is 11.6 Å². The van der Waals surface area contributed by atoms with E-state index in [-0.39, 0.29) is 22.1 Å². The van der Waals surface area contributed by atoms with Gasteiger partial charge in [-0.05, 0) is 65.9 Å². The summed E-state index contributed by atoms with van der Waals surface area (Å²) in [7, 11) is 2.94. The van der Waals surface area contributed by atoms with Crippen LogP contribution in [-0.2, 0) is 12.8 Å². The molecule has 0 saturated heterocycles. The summed E-state index contributed by atoms with van der Waals surface area (Å²) in [5.74, 6) is 1.21. The highest BCUT2D eigenvalue weighted by molar-refractivity contribution is 6.30. The van der Waals surface area contributed by atoms with Crippen molar-refractivity contribution in [1.82, 2.24) is 15.0 Å². The van der Waals surface area contributed by atoms with Gasteiger partial charge in [-0.15, -0.1) is 0 Å². The average Bonchev–Trinajstić information content (AvgIpc) is 3.07. The zero-order valence-corrected chi connectivity index (χ0v) is 21.9. The first-order chi connectivity index (χ1) is 18.9. The monoisotopic (exact) mass is 546 g/mol. The zero-order chi connectivity index (χ0) is 27.5. The smallest absolute Gasteiger partial charge is 0.310 e. The third-order valence-electron chi connectivity index (χ3n) is 6.46. The molecule has 2 aromatic carbocycles. The third kappa shape index (κ3) is 5.37. The normalized spacial score (nSPS) is 12.4. The Morgan fingerprint density at radius 1 is 1.00 bits per heavy atom. The van der Waals surface area contributed by atoms with Crippen LogP contribution in [0, 0.1) is 10.1 Å². The molecule has 0 radical (unpaired) electrons. The van der Waals surface area contributed by atoms with Crippen LogP contribution in [0.1, 0.15) is 28.8 Å². The van der Waals surface area contributed by atoms with Gasteiger partial charge in [-0.2, -0.15) is 0 Å². The number of benzene rings is 2. The molecule has 0 saturated carbocycles. The summed E-state index contributed by atoms with van der Waals surface area (Å²) < 4.78 is 16.6. The van der Waals surface area contributed by atoms with Crippen LogP contribution in [0.5, 0.6) is 17.2 Å². The standard InChI is InChI=1S/C28H23ClN4O6/c1-37-25-15-22-21(13-18(25)9-11-39-24-4-3-10-30-27(24)29)31-20-12-16(5-7-19(20)28(34)32-22)17-6-8-23(33(35)36)26(14-17)38-2/h3-4,6,8,10,12-15H,5,7,9,11H2,1-2H3. The molecule has 0 fully saturated rings. The summed E-state index contributed by atoms with van der Waals surface area (Å²) in [4.78, 5) is 37.0. The highest BCUT2D eigenvalue weighted by Gasteiger charge is 2.21. The maximum atomic E-state index is 13.0. The molecule has 0 spiro atoms. The SMILES string of the molecule is COc1cc2nc(=O)c3c(nc2cc1CCOc1cccnc1Cl)C=C(c1ccc([N+](=O)[O-])c(OC)c1)CC3. The maximum absolute atomic E-state index is 13.0. The van der Waals surface area contributed by atoms with Crippen molar-refractivity contribution in [3.8, 4) is 17.2 Å². The third-order valence-corrected chi connectivity index (χ3v) is 6.75. The van der Waals surface area contributed by atoms with E-state index in [4.69, 9.17) is 30.8 Å². The Labute approximate surface area is 228 Å². The summed E-state index contributed by atoms with van der Waals surface area (Å²) in [5, 5.41) is 11.6. The molecule has 2 heterocycles. The minimum atomic E-state index is -0.488. The second kappa shape index (κ2) is 11.0. The second-order valence-electron chi connectivity index (χ2n) is 8.75. The van der Waals surface area contributed by atoms with E-state index in [0.717, 1.165) is 16.7 Å². The number of hydrogen-bond donors (Lipinski definition) is 0. The minimum Gasteiger partial charge on any atom is -0.496 e. The van der Waals surface area contributed by atoms with Crippen LogP contribution in [0.3, 0.4) is 0 Å². The number of nitrogens with zero attached hydrogens (tertiary/aromatic N) is 4. The maximum Gasteiger partial charge on any atom is 0.310 e. The zero-order valence-electron chi connectivity index (χ0n) is 21.1. The predicted molar refractivity (Wildman–Crippen MR) is 147 cm³/mol. The molecule has 2 aromatic heterocycles. The number of ether oxygens (including phenoxy) is 3. The molecule has 1 aliphatic carbocycles. The van der Waals surface area contributed by atoms with Crippen LogP contribution in [0.25, 0.3) is 22.7 Å². The first-order valence-electron chi connectivity index (χ1n) is 12.1. The number of nitro benzene ring substituents is 1. The number of allylic oxidation sites excluding steroid dienone is 1. The second-order valence-corrected chi connectivity index (χ2v) is 9.11. The van der Waals surface area contributed by atoms with Gasteiger partial charge in [0.15, 0.2) is 16.7 Å². The van der Waals surface area contributed by atoms with Crippen LogP contribution in [0.15, 0.2) is 53.5 Å². The van der Waals surface area contributed by atoms with E-state index < -0.39 is 4.92 Å². The quantitative estimate of drug-likeness (QED) is 0.169. The summed E-state index contributed by atoms with van der Waals surface area (Å²) in [6.07, 6.45) is 4.89. The van der Waals surface area contributed by atoms with Gasteiger partial charge in [0.2, 0.25) is 0 Å². The van der Waals surface area contributed by atoms with Crippen molar-refractivity contribution >= 4 is 40.0 Å². The molecule has 11 heteroatoms. The highest BCUT2D eigenvalue weighted by Crippen LogP contribution is 2.35. The van der Waals surface area contributed by atoms with Crippen molar-refractivity contribution in [2.45, 2.75) is 19.3 Å². The lowest BCUT2D eigenvalue weighted by Gasteiger charge is -2.14. The van der Waals surface area contributed by atoms with E-state index in [9.17, 15) is 14.9 Å². The van der Waals surface area contributed by atoms with Crippen molar-refractivity contribution < 1.29 is 19.1 Å². The lowest BCUT2D eigenvalue weighted by atomic mass is 9.92. The molecule has 0 aliphatic heterocycles. The van der Waals surface area contributed by atoms with Crippen LogP contribution < -0.4 is 19.8 Å². The first kappa shape index (κ1) is 26.1. The van der Waals surface area contributed by atoms with Crippen molar-refractivity contribution in [2.75, 3.05) is 20.8 Å². The minimum absolute atomic E-state index is 0.115. The van der Waals surface area contributed by atoms with Gasteiger partial charge in [-0.25, -0.2) is 15.0 Å². The Bertz CT molecular complexity index is 1690. The van der Waals surface area contributed by atoms with E-state index in [1.54, 1.807) is 43.6 Å². The van der Waals surface area contributed by atoms with E-state index in [2.05, 4.69) is 9.97 Å². The fourth-order valence-electron chi connectivity index (χ4n) is 4.51. The summed E-state index contributed by atoms with van der Waals surface area (Å²) in [6, 6.07) is 11.7. The summed E-state index contributed by atoms with van der Waals surface area (Å²) in [6.45, 7) is 0.316. The number of nitro groups is 1. The highest BCUT2D eigenvalue weighted by atomic mass is 35.5. The topological polar surface area (TPSA) is 127 Å². The van der Waals surface area contributed by atoms with Crippen LogP contribution in [-0.4, -0.2) is 40.7 Å².